The minimum Gasteiger partial charge on any atom is -0.372 e. The number of nitrogens with one attached hydrogen (secondary N) is 4. The molecule has 2 fully saturated rings. The minimum atomic E-state index is -2.02. The van der Waals surface area contributed by atoms with Crippen molar-refractivity contribution < 1.29 is 29.1 Å². The largest absolute Gasteiger partial charge is 0.372 e. The molecule has 5 rings (SSSR count). The van der Waals surface area contributed by atoms with Gasteiger partial charge in [-0.1, -0.05) is 62.4 Å². The molecule has 0 unspecified atom stereocenters. The Morgan fingerprint density at radius 2 is 1.54 bits per heavy atom. The minimum absolute atomic E-state index is 0.0263. The zero-order valence-corrected chi connectivity index (χ0v) is 23.2. The number of rotatable bonds is 11. The SMILES string of the molecule is CC(C)C[C@H](NC(=O)C1(O)c2ccccc2-c2ccccc21)C(=O)N[C@@H](C[C@H]1CCNC1=O)C(=O)C(=O)NC1CC1. The van der Waals surface area contributed by atoms with Crippen molar-refractivity contribution in [1.29, 1.82) is 0 Å². The molecule has 2 aromatic rings. The summed E-state index contributed by atoms with van der Waals surface area (Å²) < 4.78 is 0. The molecular formula is C31H36N4O6. The van der Waals surface area contributed by atoms with Crippen LogP contribution in [0.3, 0.4) is 0 Å². The van der Waals surface area contributed by atoms with Crippen LogP contribution < -0.4 is 21.3 Å². The van der Waals surface area contributed by atoms with Crippen LogP contribution in [0.4, 0.5) is 0 Å². The third-order valence-electron chi connectivity index (χ3n) is 8.03. The second-order valence-electron chi connectivity index (χ2n) is 11.6. The van der Waals surface area contributed by atoms with Crippen LogP contribution in [0.1, 0.15) is 57.1 Å². The van der Waals surface area contributed by atoms with Crippen molar-refractivity contribution in [2.75, 3.05) is 6.54 Å². The smallest absolute Gasteiger partial charge is 0.289 e. The van der Waals surface area contributed by atoms with Gasteiger partial charge in [-0.05, 0) is 49.1 Å². The van der Waals surface area contributed by atoms with Crippen LogP contribution in [0.2, 0.25) is 0 Å². The van der Waals surface area contributed by atoms with Crippen LogP contribution >= 0.6 is 0 Å². The molecule has 0 spiro atoms. The van der Waals surface area contributed by atoms with Gasteiger partial charge in [0.2, 0.25) is 17.6 Å². The number of fused-ring (bicyclic) bond motifs is 3. The Hall–Kier alpha value is -4.05. The monoisotopic (exact) mass is 560 g/mol. The predicted octanol–water partition coefficient (Wildman–Crippen LogP) is 1.29. The predicted molar refractivity (Wildman–Crippen MR) is 150 cm³/mol. The summed E-state index contributed by atoms with van der Waals surface area (Å²) in [6, 6.07) is 11.8. The maximum atomic E-state index is 13.8. The molecule has 2 aromatic carbocycles. The molecule has 1 saturated carbocycles. The third-order valence-corrected chi connectivity index (χ3v) is 8.03. The van der Waals surface area contributed by atoms with Crippen molar-refractivity contribution in [2.45, 2.75) is 69.7 Å². The van der Waals surface area contributed by atoms with E-state index in [4.69, 9.17) is 0 Å². The highest BCUT2D eigenvalue weighted by atomic mass is 16.3. The summed E-state index contributed by atoms with van der Waals surface area (Å²) in [7, 11) is 0. The van der Waals surface area contributed by atoms with Gasteiger partial charge in [0.15, 0.2) is 5.60 Å². The van der Waals surface area contributed by atoms with Crippen molar-refractivity contribution in [1.82, 2.24) is 21.3 Å². The molecule has 0 bridgehead atoms. The summed E-state index contributed by atoms with van der Waals surface area (Å²) in [4.78, 5) is 65.5. The second-order valence-corrected chi connectivity index (χ2v) is 11.6. The van der Waals surface area contributed by atoms with Gasteiger partial charge in [0.25, 0.3) is 11.8 Å². The first-order chi connectivity index (χ1) is 19.6. The van der Waals surface area contributed by atoms with Crippen LogP contribution in [0.15, 0.2) is 48.5 Å². The first-order valence-electron chi connectivity index (χ1n) is 14.2. The molecule has 41 heavy (non-hydrogen) atoms. The fraction of sp³-hybridized carbons (Fsp3) is 0.452. The standard InChI is InChI=1S/C31H36N4O6/c1-17(2)15-25(35-30(40)31(41)22-9-5-3-7-20(22)21-8-4-6-10-23(21)31)28(38)34-24(16-18-13-14-32-27(18)37)26(36)29(39)33-19-11-12-19/h3-10,17-19,24-25,41H,11-16H2,1-2H3,(H,32,37)(H,33,39)(H,34,38)(H,35,40)/t18-,24+,25+/m1/s1. The Labute approximate surface area is 238 Å². The molecule has 1 saturated heterocycles. The van der Waals surface area contributed by atoms with Gasteiger partial charge >= 0.3 is 0 Å². The summed E-state index contributed by atoms with van der Waals surface area (Å²) in [6.07, 6.45) is 2.26. The van der Waals surface area contributed by atoms with Gasteiger partial charge in [-0.3, -0.25) is 24.0 Å². The van der Waals surface area contributed by atoms with Crippen LogP contribution in [-0.2, 0) is 29.6 Å². The van der Waals surface area contributed by atoms with Crippen molar-refractivity contribution in [3.63, 3.8) is 0 Å². The lowest BCUT2D eigenvalue weighted by Crippen LogP contribution is -2.57. The zero-order valence-electron chi connectivity index (χ0n) is 23.2. The number of benzene rings is 2. The number of hydrogen-bond acceptors (Lipinski definition) is 6. The van der Waals surface area contributed by atoms with E-state index in [9.17, 15) is 29.1 Å². The van der Waals surface area contributed by atoms with E-state index in [0.717, 1.165) is 24.0 Å². The Kier molecular flexibility index (Phi) is 7.95. The van der Waals surface area contributed by atoms with E-state index in [1.54, 1.807) is 24.3 Å². The van der Waals surface area contributed by atoms with Gasteiger partial charge in [0, 0.05) is 29.6 Å². The molecule has 3 aliphatic rings. The van der Waals surface area contributed by atoms with Crippen LogP contribution in [-0.4, -0.2) is 59.2 Å². The van der Waals surface area contributed by atoms with Crippen molar-refractivity contribution in [2.24, 2.45) is 11.8 Å². The van der Waals surface area contributed by atoms with E-state index in [1.807, 2.05) is 38.1 Å². The Morgan fingerprint density at radius 3 is 2.07 bits per heavy atom. The quantitative estimate of drug-likeness (QED) is 0.261. The van der Waals surface area contributed by atoms with Gasteiger partial charge < -0.3 is 26.4 Å². The molecule has 2 aliphatic carbocycles. The van der Waals surface area contributed by atoms with E-state index in [2.05, 4.69) is 21.3 Å². The van der Waals surface area contributed by atoms with E-state index >= 15 is 0 Å². The number of Topliss-reactive ketones (excluding diaryl/α,β-unsaturated/α-hetero) is 1. The van der Waals surface area contributed by atoms with E-state index in [1.165, 1.54) is 0 Å². The molecule has 216 valence electrons. The molecule has 10 nitrogen and oxygen atoms in total. The van der Waals surface area contributed by atoms with E-state index in [0.29, 0.717) is 24.1 Å². The molecule has 0 aromatic heterocycles. The van der Waals surface area contributed by atoms with Gasteiger partial charge in [-0.25, -0.2) is 0 Å². The van der Waals surface area contributed by atoms with Crippen molar-refractivity contribution in [3.8, 4) is 11.1 Å². The molecule has 0 radical (unpaired) electrons. The fourth-order valence-corrected chi connectivity index (χ4v) is 5.72. The molecule has 1 heterocycles. The molecule has 5 N–H and O–H groups in total. The van der Waals surface area contributed by atoms with Gasteiger partial charge in [0.1, 0.15) is 6.04 Å². The van der Waals surface area contributed by atoms with E-state index in [-0.39, 0.29) is 30.7 Å². The summed E-state index contributed by atoms with van der Waals surface area (Å²) in [5, 5.41) is 22.7. The number of ketones is 1. The van der Waals surface area contributed by atoms with E-state index < -0.39 is 47.1 Å². The molecule has 3 atom stereocenters. The Bertz CT molecular complexity index is 1340. The first-order valence-corrected chi connectivity index (χ1v) is 14.2. The topological polar surface area (TPSA) is 154 Å². The van der Waals surface area contributed by atoms with Crippen LogP contribution in [0.5, 0.6) is 0 Å². The third kappa shape index (κ3) is 5.74. The normalized spacial score (nSPS) is 19.9. The van der Waals surface area contributed by atoms with Gasteiger partial charge in [-0.2, -0.15) is 0 Å². The number of carbonyl (C=O) groups is 5. The van der Waals surface area contributed by atoms with Crippen LogP contribution in [0.25, 0.3) is 11.1 Å². The maximum absolute atomic E-state index is 13.8. The lowest BCUT2D eigenvalue weighted by Gasteiger charge is -2.29. The summed E-state index contributed by atoms with van der Waals surface area (Å²) in [5.41, 5.74) is 0.267. The molecular weight excluding hydrogens is 524 g/mol. The second kappa shape index (κ2) is 11.4. The summed E-state index contributed by atoms with van der Waals surface area (Å²) in [6.45, 7) is 4.23. The number of aliphatic hydroxyl groups is 1. The highest BCUT2D eigenvalue weighted by molar-refractivity contribution is 6.38. The summed E-state index contributed by atoms with van der Waals surface area (Å²) in [5.74, 6) is -3.83. The van der Waals surface area contributed by atoms with Gasteiger partial charge in [0.05, 0.1) is 6.04 Å². The van der Waals surface area contributed by atoms with Crippen LogP contribution in [0, 0.1) is 11.8 Å². The van der Waals surface area contributed by atoms with Gasteiger partial charge in [-0.15, -0.1) is 0 Å². The zero-order chi connectivity index (χ0) is 29.3. The highest BCUT2D eigenvalue weighted by Gasteiger charge is 2.48. The summed E-state index contributed by atoms with van der Waals surface area (Å²) >= 11 is 0. The Morgan fingerprint density at radius 1 is 0.927 bits per heavy atom. The molecule has 1 aliphatic heterocycles. The lowest BCUT2D eigenvalue weighted by molar-refractivity contribution is -0.142. The molecule has 10 heteroatoms. The fourth-order valence-electron chi connectivity index (χ4n) is 5.72. The highest BCUT2D eigenvalue weighted by Crippen LogP contribution is 2.47. The average molecular weight is 561 g/mol. The Balaban J connectivity index is 1.38. The van der Waals surface area contributed by atoms with Crippen molar-refractivity contribution in [3.05, 3.63) is 59.7 Å². The number of amides is 4. The maximum Gasteiger partial charge on any atom is 0.289 e. The lowest BCUT2D eigenvalue weighted by atomic mass is 9.89. The first kappa shape index (κ1) is 28.5. The molecule has 4 amide bonds. The number of hydrogen-bond donors (Lipinski definition) is 5. The van der Waals surface area contributed by atoms with Crippen molar-refractivity contribution >= 4 is 29.4 Å². The average Bonchev–Trinajstić information content (AvgIpc) is 3.62. The number of carbonyl (C=O) groups excluding carboxylic acids is 5.